The number of carbonyl (C=O) groups excluding carboxylic acids is 1. The van der Waals surface area contributed by atoms with Gasteiger partial charge in [-0.25, -0.2) is 9.59 Å². The van der Waals surface area contributed by atoms with E-state index in [9.17, 15) is 19.7 Å². The van der Waals surface area contributed by atoms with Crippen LogP contribution in [0.5, 0.6) is 0 Å². The van der Waals surface area contributed by atoms with E-state index in [-0.39, 0.29) is 16.4 Å². The average molecular weight is 304 g/mol. The average Bonchev–Trinajstić information content (AvgIpc) is 2.37. The number of aliphatic hydroxyl groups is 1. The third kappa shape index (κ3) is 4.37. The summed E-state index contributed by atoms with van der Waals surface area (Å²) in [5, 5.41) is 32.2. The van der Waals surface area contributed by atoms with E-state index < -0.39 is 29.6 Å². The Kier molecular flexibility index (Phi) is 5.23. The molecule has 1 atom stereocenters. The molecular weight excluding hydrogens is 294 g/mol. The number of carboxylic acid groups (broad SMARTS) is 1. The largest absolute Gasteiger partial charge is 0.479 e. The summed E-state index contributed by atoms with van der Waals surface area (Å²) in [5.74, 6) is -1.48. The third-order valence-electron chi connectivity index (χ3n) is 2.14. The minimum absolute atomic E-state index is 0.0812. The van der Waals surface area contributed by atoms with Crippen molar-refractivity contribution in [3.8, 4) is 0 Å². The molecule has 0 aliphatic rings. The molecule has 0 spiro atoms. The van der Waals surface area contributed by atoms with E-state index in [0.717, 1.165) is 6.07 Å². The highest BCUT2D eigenvalue weighted by atomic mass is 35.5. The first kappa shape index (κ1) is 15.7. The Hall–Kier alpha value is -2.39. The number of benzene rings is 1. The summed E-state index contributed by atoms with van der Waals surface area (Å²) in [4.78, 5) is 31.6. The predicted octanol–water partition coefficient (Wildman–Crippen LogP) is 0.815. The Morgan fingerprint density at radius 1 is 1.45 bits per heavy atom. The lowest BCUT2D eigenvalue weighted by molar-refractivity contribution is -0.384. The molecule has 1 aromatic carbocycles. The number of nitrogens with one attached hydrogen (secondary N) is 2. The number of aliphatic carboxylic acids is 1. The van der Waals surface area contributed by atoms with Gasteiger partial charge in [0.2, 0.25) is 0 Å². The van der Waals surface area contributed by atoms with Crippen LogP contribution in [-0.2, 0) is 4.79 Å². The Balaban J connectivity index is 2.65. The van der Waals surface area contributed by atoms with Crippen molar-refractivity contribution in [1.29, 1.82) is 0 Å². The Morgan fingerprint density at radius 3 is 2.65 bits per heavy atom. The van der Waals surface area contributed by atoms with Crippen molar-refractivity contribution in [3.63, 3.8) is 0 Å². The number of nitro groups is 1. The SMILES string of the molecule is O=C(NC[C@H](O)C(=O)O)Nc1ccc(Cl)c([N+](=O)[O-])c1. The molecule has 0 bridgehead atoms. The first-order valence-corrected chi connectivity index (χ1v) is 5.58. The molecule has 4 N–H and O–H groups in total. The number of carboxylic acids is 1. The maximum absolute atomic E-state index is 11.4. The van der Waals surface area contributed by atoms with Crippen LogP contribution in [0.2, 0.25) is 5.02 Å². The summed E-state index contributed by atoms with van der Waals surface area (Å²) < 4.78 is 0. The van der Waals surface area contributed by atoms with Crippen molar-refractivity contribution >= 4 is 35.0 Å². The number of rotatable bonds is 5. The molecule has 0 radical (unpaired) electrons. The zero-order valence-corrected chi connectivity index (χ0v) is 10.6. The summed E-state index contributed by atoms with van der Waals surface area (Å²) in [7, 11) is 0. The Morgan fingerprint density at radius 2 is 2.10 bits per heavy atom. The molecule has 10 heteroatoms. The zero-order valence-electron chi connectivity index (χ0n) is 9.87. The van der Waals surface area contributed by atoms with Gasteiger partial charge in [-0.15, -0.1) is 0 Å². The molecule has 0 heterocycles. The second-order valence-corrected chi connectivity index (χ2v) is 4.02. The van der Waals surface area contributed by atoms with Crippen LogP contribution in [0.1, 0.15) is 0 Å². The molecule has 20 heavy (non-hydrogen) atoms. The van der Waals surface area contributed by atoms with Gasteiger partial charge >= 0.3 is 12.0 Å². The highest BCUT2D eigenvalue weighted by molar-refractivity contribution is 6.32. The maximum Gasteiger partial charge on any atom is 0.334 e. The number of halogens is 1. The number of amides is 2. The molecular formula is C10H10ClN3O6. The lowest BCUT2D eigenvalue weighted by atomic mass is 10.3. The van der Waals surface area contributed by atoms with E-state index in [4.69, 9.17) is 21.8 Å². The molecule has 2 amide bonds. The predicted molar refractivity (Wildman–Crippen MR) is 68.8 cm³/mol. The van der Waals surface area contributed by atoms with Crippen LogP contribution in [0.3, 0.4) is 0 Å². The van der Waals surface area contributed by atoms with Crippen molar-refractivity contribution in [2.75, 3.05) is 11.9 Å². The van der Waals surface area contributed by atoms with Crippen molar-refractivity contribution in [1.82, 2.24) is 5.32 Å². The summed E-state index contributed by atoms with van der Waals surface area (Å²) in [5.41, 5.74) is -0.279. The summed E-state index contributed by atoms with van der Waals surface area (Å²) >= 11 is 5.60. The number of nitro benzene ring substituents is 1. The third-order valence-corrected chi connectivity index (χ3v) is 2.46. The Labute approximate surface area is 117 Å². The van der Waals surface area contributed by atoms with E-state index in [0.29, 0.717) is 0 Å². The lowest BCUT2D eigenvalue weighted by Crippen LogP contribution is -2.38. The van der Waals surface area contributed by atoms with Gasteiger partial charge in [-0.2, -0.15) is 0 Å². The molecule has 0 saturated carbocycles. The topological polar surface area (TPSA) is 142 Å². The highest BCUT2D eigenvalue weighted by Gasteiger charge is 2.16. The van der Waals surface area contributed by atoms with Crippen LogP contribution in [0, 0.1) is 10.1 Å². The monoisotopic (exact) mass is 303 g/mol. The van der Waals surface area contributed by atoms with Crippen LogP contribution in [0.15, 0.2) is 18.2 Å². The highest BCUT2D eigenvalue weighted by Crippen LogP contribution is 2.27. The molecule has 0 aliphatic carbocycles. The van der Waals surface area contributed by atoms with E-state index >= 15 is 0 Å². The normalized spacial score (nSPS) is 11.5. The lowest BCUT2D eigenvalue weighted by Gasteiger charge is -2.09. The summed E-state index contributed by atoms with van der Waals surface area (Å²) in [6.07, 6.45) is -1.74. The fourth-order valence-corrected chi connectivity index (χ4v) is 1.37. The number of hydrogen-bond acceptors (Lipinski definition) is 5. The molecule has 9 nitrogen and oxygen atoms in total. The fourth-order valence-electron chi connectivity index (χ4n) is 1.18. The van der Waals surface area contributed by atoms with Crippen LogP contribution in [-0.4, -0.2) is 39.8 Å². The van der Waals surface area contributed by atoms with E-state index in [1.807, 2.05) is 0 Å². The number of urea groups is 1. The van der Waals surface area contributed by atoms with Crippen LogP contribution >= 0.6 is 11.6 Å². The molecule has 0 saturated heterocycles. The maximum atomic E-state index is 11.4. The van der Waals surface area contributed by atoms with Gasteiger partial charge in [-0.1, -0.05) is 11.6 Å². The van der Waals surface area contributed by atoms with Crippen LogP contribution in [0.25, 0.3) is 0 Å². The quantitative estimate of drug-likeness (QED) is 0.468. The molecule has 0 aliphatic heterocycles. The summed E-state index contributed by atoms with van der Waals surface area (Å²) in [6, 6.07) is 2.81. The molecule has 0 unspecified atom stereocenters. The van der Waals surface area contributed by atoms with Gasteiger partial charge in [0.25, 0.3) is 5.69 Å². The van der Waals surface area contributed by atoms with Crippen LogP contribution in [0.4, 0.5) is 16.2 Å². The van der Waals surface area contributed by atoms with E-state index in [1.165, 1.54) is 12.1 Å². The molecule has 0 aromatic heterocycles. The molecule has 1 aromatic rings. The van der Waals surface area contributed by atoms with E-state index in [2.05, 4.69) is 10.6 Å². The van der Waals surface area contributed by atoms with Crippen LogP contribution < -0.4 is 10.6 Å². The number of hydrogen-bond donors (Lipinski definition) is 4. The van der Waals surface area contributed by atoms with Gasteiger partial charge in [0, 0.05) is 11.8 Å². The van der Waals surface area contributed by atoms with Gasteiger partial charge in [0.05, 0.1) is 11.5 Å². The minimum Gasteiger partial charge on any atom is -0.479 e. The van der Waals surface area contributed by atoms with E-state index in [1.54, 1.807) is 0 Å². The van der Waals surface area contributed by atoms with Crippen molar-refractivity contribution < 1.29 is 24.7 Å². The molecule has 1 rings (SSSR count). The van der Waals surface area contributed by atoms with Crippen molar-refractivity contribution in [2.45, 2.75) is 6.10 Å². The van der Waals surface area contributed by atoms with Gasteiger partial charge in [0.15, 0.2) is 6.10 Å². The van der Waals surface area contributed by atoms with Gasteiger partial charge in [-0.3, -0.25) is 10.1 Å². The first-order chi connectivity index (χ1) is 9.31. The Bertz CT molecular complexity index is 550. The minimum atomic E-state index is -1.74. The second-order valence-electron chi connectivity index (χ2n) is 3.61. The number of aliphatic hydroxyl groups excluding tert-OH is 1. The zero-order chi connectivity index (χ0) is 15.3. The van der Waals surface area contributed by atoms with Crippen molar-refractivity contribution in [3.05, 3.63) is 33.3 Å². The molecule has 0 fully saturated rings. The second kappa shape index (κ2) is 6.68. The fraction of sp³-hybridized carbons (Fsp3) is 0.200. The van der Waals surface area contributed by atoms with Gasteiger partial charge < -0.3 is 20.8 Å². The standard InChI is InChI=1S/C10H10ClN3O6/c11-6-2-1-5(3-7(6)14(19)20)13-10(18)12-4-8(15)9(16)17/h1-3,8,15H,4H2,(H,16,17)(H2,12,13,18)/t8-/m0/s1. The van der Waals surface area contributed by atoms with Crippen molar-refractivity contribution in [2.24, 2.45) is 0 Å². The van der Waals surface area contributed by atoms with Gasteiger partial charge in [-0.05, 0) is 12.1 Å². The smallest absolute Gasteiger partial charge is 0.334 e. The number of carbonyl (C=O) groups is 2. The summed E-state index contributed by atoms with van der Waals surface area (Å²) in [6.45, 7) is -0.503. The number of nitrogens with zero attached hydrogens (tertiary/aromatic N) is 1. The number of anilines is 1. The van der Waals surface area contributed by atoms with Gasteiger partial charge in [0.1, 0.15) is 5.02 Å². The first-order valence-electron chi connectivity index (χ1n) is 5.21. The molecule has 108 valence electrons.